The second kappa shape index (κ2) is 13.1. The lowest BCUT2D eigenvalue weighted by atomic mass is 9.98. The first kappa shape index (κ1) is 33.6. The van der Waals surface area contributed by atoms with Crippen molar-refractivity contribution >= 4 is 107 Å². The van der Waals surface area contributed by atoms with Gasteiger partial charge in [-0.25, -0.2) is 9.97 Å². The van der Waals surface area contributed by atoms with Gasteiger partial charge in [-0.1, -0.05) is 127 Å². The molecule has 13 aromatic rings. The number of aromatic nitrogens is 4. The Hall–Kier alpha value is -7.38. The summed E-state index contributed by atoms with van der Waals surface area (Å²) in [7, 11) is 0. The van der Waals surface area contributed by atoms with E-state index in [-0.39, 0.29) is 0 Å². The van der Waals surface area contributed by atoms with Crippen molar-refractivity contribution in [2.45, 2.75) is 0 Å². The molecule has 278 valence electrons. The van der Waals surface area contributed by atoms with E-state index >= 15 is 0 Å². The summed E-state index contributed by atoms with van der Waals surface area (Å²) in [6, 6.07) is 60.7. The van der Waals surface area contributed by atoms with Gasteiger partial charge in [-0.2, -0.15) is 0 Å². The fourth-order valence-electron chi connectivity index (χ4n) is 8.95. The molecule has 0 aliphatic rings. The Bertz CT molecular complexity index is 3670. The lowest BCUT2D eigenvalue weighted by molar-refractivity contribution is 1.37. The van der Waals surface area contributed by atoms with Crippen molar-refractivity contribution in [3.8, 4) is 44.8 Å². The number of benzene rings is 7. The maximum atomic E-state index is 5.27. The van der Waals surface area contributed by atoms with Crippen LogP contribution in [0.3, 0.4) is 0 Å². The smallest absolute Gasteiger partial charge is 0.0972 e. The third-order valence-corrected chi connectivity index (χ3v) is 14.4. The standard InChI is InChI=1S/C54H30N4S2/c1-3-16-47-39(10-1)41-12-6-14-43(53(41)59-47)45-24-22-31-18-20-35-27-37(29-55-49(35)51(31)57-45)33-8-5-9-34(26-33)38-28-36-21-19-32-23-25-46(58-52(32)50(36)56-30-38)44-15-7-13-42-40-11-2-4-17-48(40)60-54(42)44/h1-30H. The van der Waals surface area contributed by atoms with Crippen molar-refractivity contribution < 1.29 is 0 Å². The maximum Gasteiger partial charge on any atom is 0.0972 e. The van der Waals surface area contributed by atoms with Gasteiger partial charge in [0.05, 0.1) is 33.5 Å². The molecule has 0 N–H and O–H groups in total. The van der Waals surface area contributed by atoms with E-state index in [0.29, 0.717) is 0 Å². The van der Waals surface area contributed by atoms with E-state index in [9.17, 15) is 0 Å². The third-order valence-electron chi connectivity index (χ3n) is 11.9. The lowest BCUT2D eigenvalue weighted by Gasteiger charge is -2.10. The number of hydrogen-bond acceptors (Lipinski definition) is 6. The molecule has 0 amide bonds. The highest BCUT2D eigenvalue weighted by molar-refractivity contribution is 7.26. The Morgan fingerprint density at radius 1 is 0.317 bits per heavy atom. The summed E-state index contributed by atoms with van der Waals surface area (Å²) in [5.41, 5.74) is 12.2. The molecule has 6 heteroatoms. The van der Waals surface area contributed by atoms with Gasteiger partial charge in [-0.05, 0) is 53.6 Å². The first-order valence-corrected chi connectivity index (χ1v) is 21.6. The third kappa shape index (κ3) is 5.21. The zero-order valence-electron chi connectivity index (χ0n) is 31.9. The topological polar surface area (TPSA) is 51.6 Å². The van der Waals surface area contributed by atoms with Gasteiger partial charge in [0.2, 0.25) is 0 Å². The van der Waals surface area contributed by atoms with E-state index in [2.05, 4.69) is 170 Å². The summed E-state index contributed by atoms with van der Waals surface area (Å²) < 4.78 is 5.11. The van der Waals surface area contributed by atoms with Crippen molar-refractivity contribution in [1.82, 2.24) is 19.9 Å². The Morgan fingerprint density at radius 3 is 1.27 bits per heavy atom. The van der Waals surface area contributed by atoms with Crippen molar-refractivity contribution in [3.05, 3.63) is 182 Å². The molecule has 0 aliphatic heterocycles. The van der Waals surface area contributed by atoms with Crippen LogP contribution in [-0.4, -0.2) is 19.9 Å². The molecule has 0 saturated carbocycles. The minimum Gasteiger partial charge on any atom is -0.253 e. The van der Waals surface area contributed by atoms with E-state index in [1.807, 2.05) is 35.1 Å². The summed E-state index contributed by atoms with van der Waals surface area (Å²) in [4.78, 5) is 20.7. The van der Waals surface area contributed by atoms with Gasteiger partial charge in [-0.3, -0.25) is 9.97 Å². The van der Waals surface area contributed by atoms with Crippen LogP contribution in [0.1, 0.15) is 0 Å². The van der Waals surface area contributed by atoms with Gasteiger partial charge < -0.3 is 0 Å². The molecule has 0 radical (unpaired) electrons. The highest BCUT2D eigenvalue weighted by Gasteiger charge is 2.16. The molecule has 0 fully saturated rings. The van der Waals surface area contributed by atoms with E-state index in [1.54, 1.807) is 0 Å². The van der Waals surface area contributed by atoms with Crippen LogP contribution in [0.15, 0.2) is 182 Å². The van der Waals surface area contributed by atoms with E-state index in [1.165, 1.54) is 40.3 Å². The molecule has 0 aliphatic carbocycles. The predicted molar refractivity (Wildman–Crippen MR) is 255 cm³/mol. The maximum absolute atomic E-state index is 5.27. The van der Waals surface area contributed by atoms with Crippen LogP contribution < -0.4 is 0 Å². The summed E-state index contributed by atoms with van der Waals surface area (Å²) >= 11 is 3.66. The van der Waals surface area contributed by atoms with Gasteiger partial charge in [0.25, 0.3) is 0 Å². The van der Waals surface area contributed by atoms with E-state index in [0.717, 1.165) is 88.4 Å². The highest BCUT2D eigenvalue weighted by atomic mass is 32.1. The minimum atomic E-state index is 0.904. The fraction of sp³-hybridized carbons (Fsp3) is 0. The molecule has 6 heterocycles. The quantitative estimate of drug-likeness (QED) is 0.166. The number of pyridine rings is 4. The molecule has 4 nitrogen and oxygen atoms in total. The van der Waals surface area contributed by atoms with Crippen molar-refractivity contribution in [2.24, 2.45) is 0 Å². The Kier molecular flexibility index (Phi) is 7.31. The van der Waals surface area contributed by atoms with Crippen LogP contribution in [0.5, 0.6) is 0 Å². The number of hydrogen-bond donors (Lipinski definition) is 0. The molecule has 13 rings (SSSR count). The molecule has 7 aromatic carbocycles. The van der Waals surface area contributed by atoms with Gasteiger partial charge >= 0.3 is 0 Å². The average Bonchev–Trinajstić information content (AvgIpc) is 3.90. The molecule has 0 bridgehead atoms. The molecular weight excluding hydrogens is 769 g/mol. The van der Waals surface area contributed by atoms with Crippen LogP contribution in [0.4, 0.5) is 0 Å². The van der Waals surface area contributed by atoms with Crippen molar-refractivity contribution in [1.29, 1.82) is 0 Å². The normalized spacial score (nSPS) is 12.0. The predicted octanol–water partition coefficient (Wildman–Crippen LogP) is 15.3. The SMILES string of the molecule is c1cc(-c2cnc3c(ccc4ccc(-c5cccc6c5sc5ccccc56)nc43)c2)cc(-c2cnc3c(ccc4ccc(-c5cccc6c5sc5ccccc56)nc43)c2)c1. The average molecular weight is 799 g/mol. The summed E-state index contributed by atoms with van der Waals surface area (Å²) in [5.74, 6) is 0. The number of fused-ring (bicyclic) bond motifs is 12. The van der Waals surface area contributed by atoms with Crippen LogP contribution in [-0.2, 0) is 0 Å². The van der Waals surface area contributed by atoms with Crippen LogP contribution in [0.2, 0.25) is 0 Å². The fourth-order valence-corrected chi connectivity index (χ4v) is 11.4. The van der Waals surface area contributed by atoms with Gasteiger partial charge in [0, 0.05) is 96.5 Å². The van der Waals surface area contributed by atoms with Crippen molar-refractivity contribution in [3.63, 3.8) is 0 Å². The molecule has 0 atom stereocenters. The van der Waals surface area contributed by atoms with Crippen LogP contribution in [0.25, 0.3) is 129 Å². The van der Waals surface area contributed by atoms with Gasteiger partial charge in [0.15, 0.2) is 0 Å². The molecule has 6 aromatic heterocycles. The Labute approximate surface area is 351 Å². The van der Waals surface area contributed by atoms with Crippen LogP contribution in [0, 0.1) is 0 Å². The van der Waals surface area contributed by atoms with Gasteiger partial charge in [0.1, 0.15) is 0 Å². The van der Waals surface area contributed by atoms with Crippen molar-refractivity contribution in [2.75, 3.05) is 0 Å². The minimum absolute atomic E-state index is 0.904. The largest absolute Gasteiger partial charge is 0.253 e. The second-order valence-corrected chi connectivity index (χ2v) is 17.5. The summed E-state index contributed by atoms with van der Waals surface area (Å²) in [5, 5.41) is 9.40. The lowest BCUT2D eigenvalue weighted by Crippen LogP contribution is -1.91. The molecule has 0 unspecified atom stereocenters. The monoisotopic (exact) mass is 798 g/mol. The molecular formula is C54H30N4S2. The highest BCUT2D eigenvalue weighted by Crippen LogP contribution is 2.42. The molecule has 0 saturated heterocycles. The second-order valence-electron chi connectivity index (χ2n) is 15.4. The summed E-state index contributed by atoms with van der Waals surface area (Å²) in [6.45, 7) is 0. The van der Waals surface area contributed by atoms with Gasteiger partial charge in [-0.15, -0.1) is 22.7 Å². The zero-order valence-corrected chi connectivity index (χ0v) is 33.6. The first-order valence-electron chi connectivity index (χ1n) is 20.0. The number of nitrogens with zero attached hydrogens (tertiary/aromatic N) is 4. The van der Waals surface area contributed by atoms with E-state index in [4.69, 9.17) is 19.9 Å². The molecule has 60 heavy (non-hydrogen) atoms. The zero-order chi connectivity index (χ0) is 39.3. The Morgan fingerprint density at radius 2 is 0.750 bits per heavy atom. The van der Waals surface area contributed by atoms with E-state index < -0.39 is 0 Å². The number of rotatable bonds is 4. The number of thiophene rings is 2. The Balaban J connectivity index is 0.856. The molecule has 0 spiro atoms. The van der Waals surface area contributed by atoms with Crippen LogP contribution >= 0.6 is 22.7 Å². The summed E-state index contributed by atoms with van der Waals surface area (Å²) in [6.07, 6.45) is 3.96. The first-order chi connectivity index (χ1) is 29.7.